The van der Waals surface area contributed by atoms with Gasteiger partial charge in [-0.25, -0.2) is 8.78 Å². The van der Waals surface area contributed by atoms with E-state index >= 15 is 0 Å². The number of aliphatic hydroxyl groups excluding tert-OH is 1. The van der Waals surface area contributed by atoms with Crippen molar-refractivity contribution in [2.24, 2.45) is 0 Å². The van der Waals surface area contributed by atoms with Crippen LogP contribution in [-0.2, 0) is 6.42 Å². The van der Waals surface area contributed by atoms with Gasteiger partial charge in [0.2, 0.25) is 0 Å². The number of fused-ring (bicyclic) bond motifs is 1. The maximum Gasteiger partial charge on any atom is 0.255 e. The van der Waals surface area contributed by atoms with E-state index < -0.39 is 23.6 Å². The van der Waals surface area contributed by atoms with E-state index in [-0.39, 0.29) is 13.0 Å². The highest BCUT2D eigenvalue weighted by molar-refractivity contribution is 5.98. The number of nitrogens with one attached hydrogen (secondary N) is 2. The number of carbonyl (C=O) groups excluding carboxylic acids is 1. The molecular formula is C27H26F2N2O4. The first-order valence-electron chi connectivity index (χ1n) is 11.2. The molecule has 0 saturated heterocycles. The summed E-state index contributed by atoms with van der Waals surface area (Å²) >= 11 is 0. The molecule has 1 unspecified atom stereocenters. The molecule has 0 aliphatic rings. The fraction of sp³-hybridized carbons (Fsp3) is 0.222. The van der Waals surface area contributed by atoms with Gasteiger partial charge in [-0.2, -0.15) is 0 Å². The lowest BCUT2D eigenvalue weighted by Crippen LogP contribution is -2.39. The highest BCUT2D eigenvalue weighted by Gasteiger charge is 2.20. The van der Waals surface area contributed by atoms with Crippen molar-refractivity contribution in [3.05, 3.63) is 83.6 Å². The predicted octanol–water partition coefficient (Wildman–Crippen LogP) is 4.85. The lowest BCUT2D eigenvalue weighted by atomic mass is 10.0. The number of aromatic nitrogens is 1. The van der Waals surface area contributed by atoms with Crippen LogP contribution >= 0.6 is 0 Å². The number of carbonyl (C=O) groups is 1. The molecule has 3 N–H and O–H groups in total. The largest absolute Gasteiger partial charge is 0.497 e. The summed E-state index contributed by atoms with van der Waals surface area (Å²) in [4.78, 5) is 16.2. The van der Waals surface area contributed by atoms with Gasteiger partial charge in [0.1, 0.15) is 11.5 Å². The van der Waals surface area contributed by atoms with Gasteiger partial charge in [-0.05, 0) is 60.4 Å². The molecule has 8 heteroatoms. The Bertz CT molecular complexity index is 1350. The predicted molar refractivity (Wildman–Crippen MR) is 130 cm³/mol. The van der Waals surface area contributed by atoms with Crippen LogP contribution in [-0.4, -0.2) is 42.4 Å². The number of amides is 1. The van der Waals surface area contributed by atoms with Gasteiger partial charge < -0.3 is 24.9 Å². The van der Waals surface area contributed by atoms with Crippen LogP contribution in [0.1, 0.15) is 22.8 Å². The van der Waals surface area contributed by atoms with E-state index in [1.165, 1.54) is 0 Å². The quantitative estimate of drug-likeness (QED) is 0.320. The third kappa shape index (κ3) is 5.27. The fourth-order valence-corrected chi connectivity index (χ4v) is 4.00. The van der Waals surface area contributed by atoms with E-state index in [0.717, 1.165) is 23.3 Å². The van der Waals surface area contributed by atoms with Crippen molar-refractivity contribution in [1.82, 2.24) is 10.3 Å². The molecule has 4 rings (SSSR count). The minimum Gasteiger partial charge on any atom is -0.497 e. The third-order valence-electron chi connectivity index (χ3n) is 5.76. The van der Waals surface area contributed by atoms with Crippen molar-refractivity contribution in [1.29, 1.82) is 0 Å². The van der Waals surface area contributed by atoms with Crippen LogP contribution in [0.25, 0.3) is 22.0 Å². The van der Waals surface area contributed by atoms with Gasteiger partial charge in [-0.1, -0.05) is 18.2 Å². The number of hydrogen-bond donors (Lipinski definition) is 3. The first-order valence-corrected chi connectivity index (χ1v) is 11.2. The number of hydrogen-bond acceptors (Lipinski definition) is 4. The second-order valence-electron chi connectivity index (χ2n) is 8.06. The molecule has 6 nitrogen and oxygen atoms in total. The Labute approximate surface area is 201 Å². The summed E-state index contributed by atoms with van der Waals surface area (Å²) in [6.07, 6.45) is 1.83. The van der Waals surface area contributed by atoms with Crippen LogP contribution in [0.5, 0.6) is 11.5 Å². The van der Waals surface area contributed by atoms with Crippen molar-refractivity contribution >= 4 is 16.8 Å². The summed E-state index contributed by atoms with van der Waals surface area (Å²) in [6, 6.07) is 14.3. The molecule has 4 aromatic rings. The second kappa shape index (κ2) is 10.6. The summed E-state index contributed by atoms with van der Waals surface area (Å²) in [5.41, 5.74) is 3.07. The number of aliphatic hydroxyl groups is 1. The van der Waals surface area contributed by atoms with Crippen LogP contribution in [0.4, 0.5) is 8.78 Å². The lowest BCUT2D eigenvalue weighted by molar-refractivity contribution is 0.0913. The van der Waals surface area contributed by atoms with Gasteiger partial charge in [-0.15, -0.1) is 0 Å². The Morgan fingerprint density at radius 3 is 2.60 bits per heavy atom. The maximum absolute atomic E-state index is 13.8. The Morgan fingerprint density at radius 1 is 1.09 bits per heavy atom. The monoisotopic (exact) mass is 480 g/mol. The van der Waals surface area contributed by atoms with Crippen LogP contribution in [0.15, 0.2) is 60.8 Å². The molecule has 0 saturated carbocycles. The molecule has 182 valence electrons. The van der Waals surface area contributed by atoms with E-state index in [0.29, 0.717) is 40.1 Å². The molecule has 0 aliphatic heterocycles. The summed E-state index contributed by atoms with van der Waals surface area (Å²) in [5.74, 6) is -1.22. The molecular weight excluding hydrogens is 454 g/mol. The molecule has 3 aromatic carbocycles. The van der Waals surface area contributed by atoms with Gasteiger partial charge >= 0.3 is 0 Å². The van der Waals surface area contributed by atoms with Gasteiger partial charge in [0.25, 0.3) is 5.91 Å². The van der Waals surface area contributed by atoms with Gasteiger partial charge in [-0.3, -0.25) is 4.79 Å². The minimum atomic E-state index is -0.960. The molecule has 1 aromatic heterocycles. The van der Waals surface area contributed by atoms with Crippen molar-refractivity contribution in [3.63, 3.8) is 0 Å². The summed E-state index contributed by atoms with van der Waals surface area (Å²) < 4.78 is 38.3. The Kier molecular flexibility index (Phi) is 7.31. The Morgan fingerprint density at radius 2 is 1.86 bits per heavy atom. The van der Waals surface area contributed by atoms with Crippen molar-refractivity contribution in [3.8, 4) is 22.6 Å². The first kappa shape index (κ1) is 24.2. The van der Waals surface area contributed by atoms with E-state index in [1.807, 2.05) is 37.3 Å². The average molecular weight is 481 g/mol. The second-order valence-corrected chi connectivity index (χ2v) is 8.06. The molecule has 0 spiro atoms. The molecule has 0 fully saturated rings. The highest BCUT2D eigenvalue weighted by Crippen LogP contribution is 2.29. The minimum absolute atomic E-state index is 0.215. The molecule has 35 heavy (non-hydrogen) atoms. The van der Waals surface area contributed by atoms with E-state index in [1.54, 1.807) is 25.4 Å². The molecule has 1 amide bonds. The van der Waals surface area contributed by atoms with Crippen LogP contribution in [0.3, 0.4) is 0 Å². The van der Waals surface area contributed by atoms with Crippen LogP contribution in [0, 0.1) is 11.6 Å². The lowest BCUT2D eigenvalue weighted by Gasteiger charge is -2.18. The smallest absolute Gasteiger partial charge is 0.255 e. The third-order valence-corrected chi connectivity index (χ3v) is 5.76. The number of H-pyrrole nitrogens is 1. The fourth-order valence-electron chi connectivity index (χ4n) is 4.00. The zero-order valence-electron chi connectivity index (χ0n) is 19.4. The normalized spacial score (nSPS) is 11.9. The summed E-state index contributed by atoms with van der Waals surface area (Å²) in [7, 11) is 1.59. The van der Waals surface area contributed by atoms with Crippen molar-refractivity contribution in [2.75, 3.05) is 20.3 Å². The number of halogens is 2. The van der Waals surface area contributed by atoms with E-state index in [4.69, 9.17) is 9.47 Å². The number of benzene rings is 3. The molecule has 1 atom stereocenters. The summed E-state index contributed by atoms with van der Waals surface area (Å²) in [6.45, 7) is 1.86. The van der Waals surface area contributed by atoms with Crippen molar-refractivity contribution < 1.29 is 28.2 Å². The van der Waals surface area contributed by atoms with Gasteiger partial charge in [0.05, 0.1) is 31.9 Å². The van der Waals surface area contributed by atoms with Crippen LogP contribution in [0.2, 0.25) is 0 Å². The zero-order chi connectivity index (χ0) is 24.9. The summed E-state index contributed by atoms with van der Waals surface area (Å²) in [5, 5.41) is 13.3. The Balaban J connectivity index is 1.60. The van der Waals surface area contributed by atoms with Crippen molar-refractivity contribution in [2.45, 2.75) is 19.4 Å². The standard InChI is InChI=1S/C27H26F2N2O4/c1-3-35-26-8-7-17(16-5-4-6-20(10-16)34-2)11-22(26)27(33)31-19(15-32)9-18-14-30-25-13-24(29)23(28)12-21(18)25/h4-8,10-14,19,30,32H,3,9,15H2,1-2H3,(H,31,33). The van der Waals surface area contributed by atoms with Gasteiger partial charge in [0.15, 0.2) is 11.6 Å². The van der Waals surface area contributed by atoms with E-state index in [2.05, 4.69) is 10.3 Å². The molecule has 0 radical (unpaired) electrons. The number of aromatic amines is 1. The van der Waals surface area contributed by atoms with Crippen LogP contribution < -0.4 is 14.8 Å². The Hall–Kier alpha value is -3.91. The maximum atomic E-state index is 13.8. The number of methoxy groups -OCH3 is 1. The average Bonchev–Trinajstić information content (AvgIpc) is 3.25. The first-order chi connectivity index (χ1) is 16.9. The zero-order valence-corrected chi connectivity index (χ0v) is 19.4. The van der Waals surface area contributed by atoms with Gasteiger partial charge in [0, 0.05) is 23.2 Å². The molecule has 0 bridgehead atoms. The van der Waals surface area contributed by atoms with E-state index in [9.17, 15) is 18.7 Å². The molecule has 1 heterocycles. The number of ether oxygens (including phenoxy) is 2. The highest BCUT2D eigenvalue weighted by atomic mass is 19.2. The molecule has 0 aliphatic carbocycles. The SMILES string of the molecule is CCOc1ccc(-c2cccc(OC)c2)cc1C(=O)NC(CO)Cc1c[nH]c2cc(F)c(F)cc12. The topological polar surface area (TPSA) is 83.6 Å². The number of rotatable bonds is 9.